The molecule has 1 aromatic carbocycles. The first-order valence-corrected chi connectivity index (χ1v) is 11.3. The summed E-state index contributed by atoms with van der Waals surface area (Å²) in [4.78, 5) is 20.1. The van der Waals surface area contributed by atoms with Gasteiger partial charge in [-0.3, -0.25) is 9.10 Å². The molecule has 0 spiro atoms. The van der Waals surface area contributed by atoms with Crippen LogP contribution in [0.5, 0.6) is 0 Å². The topological polar surface area (TPSA) is 75.1 Å². The van der Waals surface area contributed by atoms with Crippen molar-refractivity contribution in [3.63, 3.8) is 0 Å². The standard InChI is InChI=1S/C20H24N4O3S/c1-15-13-17-14-16(3-4-19(17)24(15)28(2,26)27)20(25)23-11-9-22(10-12-23)18-5-7-21-8-6-18/h3-8,14-15H,9-13H2,1-2H3/p+1/t15-/m0/s1. The fraction of sp³-hybridized carbons (Fsp3) is 0.400. The number of fused-ring (bicyclic) bond motifs is 1. The smallest absolute Gasteiger partial charge is 0.253 e. The summed E-state index contributed by atoms with van der Waals surface area (Å²) >= 11 is 0. The van der Waals surface area contributed by atoms with Crippen molar-refractivity contribution in [2.45, 2.75) is 19.4 Å². The van der Waals surface area contributed by atoms with E-state index in [9.17, 15) is 13.2 Å². The number of anilines is 2. The highest BCUT2D eigenvalue weighted by Gasteiger charge is 2.33. The van der Waals surface area contributed by atoms with Crippen LogP contribution in [-0.2, 0) is 16.4 Å². The molecule has 2 aliphatic heterocycles. The van der Waals surface area contributed by atoms with Crippen molar-refractivity contribution in [1.29, 1.82) is 0 Å². The summed E-state index contributed by atoms with van der Waals surface area (Å²) in [5.41, 5.74) is 3.39. The second-order valence-electron chi connectivity index (χ2n) is 7.49. The van der Waals surface area contributed by atoms with Gasteiger partial charge in [0.25, 0.3) is 5.91 Å². The summed E-state index contributed by atoms with van der Waals surface area (Å²) in [5, 5.41) is 0. The van der Waals surface area contributed by atoms with Crippen molar-refractivity contribution >= 4 is 27.3 Å². The number of carbonyl (C=O) groups excluding carboxylic acids is 1. The number of amides is 1. The van der Waals surface area contributed by atoms with Crippen LogP contribution in [0.3, 0.4) is 0 Å². The molecule has 7 nitrogen and oxygen atoms in total. The number of aromatic amines is 1. The quantitative estimate of drug-likeness (QED) is 0.774. The minimum Gasteiger partial charge on any atom is -0.368 e. The van der Waals surface area contributed by atoms with Gasteiger partial charge < -0.3 is 9.80 Å². The molecule has 0 aliphatic carbocycles. The third-order valence-electron chi connectivity index (χ3n) is 5.47. The first kappa shape index (κ1) is 18.7. The predicted molar refractivity (Wildman–Crippen MR) is 108 cm³/mol. The monoisotopic (exact) mass is 401 g/mol. The number of H-pyrrole nitrogens is 1. The van der Waals surface area contributed by atoms with Gasteiger partial charge in [-0.25, -0.2) is 13.4 Å². The molecule has 28 heavy (non-hydrogen) atoms. The van der Waals surface area contributed by atoms with E-state index in [1.807, 2.05) is 42.4 Å². The van der Waals surface area contributed by atoms with E-state index in [2.05, 4.69) is 9.88 Å². The molecule has 1 aromatic heterocycles. The predicted octanol–water partition coefficient (Wildman–Crippen LogP) is 1.17. The number of pyridine rings is 1. The van der Waals surface area contributed by atoms with Crippen LogP contribution in [0.15, 0.2) is 42.7 Å². The average Bonchev–Trinajstić information content (AvgIpc) is 3.03. The largest absolute Gasteiger partial charge is 0.368 e. The summed E-state index contributed by atoms with van der Waals surface area (Å²) in [6.07, 6.45) is 5.65. The maximum absolute atomic E-state index is 13.0. The summed E-state index contributed by atoms with van der Waals surface area (Å²) in [7, 11) is -3.32. The van der Waals surface area contributed by atoms with Gasteiger partial charge in [0.2, 0.25) is 10.0 Å². The van der Waals surface area contributed by atoms with Crippen LogP contribution in [0.2, 0.25) is 0 Å². The Kier molecular flexibility index (Phi) is 4.74. The molecule has 0 radical (unpaired) electrons. The van der Waals surface area contributed by atoms with Gasteiger partial charge >= 0.3 is 0 Å². The number of rotatable bonds is 3. The number of hydrogen-bond acceptors (Lipinski definition) is 4. The Morgan fingerprint density at radius 3 is 2.39 bits per heavy atom. The minimum atomic E-state index is -3.32. The first-order chi connectivity index (χ1) is 13.3. The highest BCUT2D eigenvalue weighted by molar-refractivity contribution is 7.92. The van der Waals surface area contributed by atoms with E-state index in [1.165, 1.54) is 10.6 Å². The second-order valence-corrected chi connectivity index (χ2v) is 9.35. The van der Waals surface area contributed by atoms with Gasteiger partial charge in [0.15, 0.2) is 12.4 Å². The number of sulfonamides is 1. The zero-order chi connectivity index (χ0) is 19.9. The molecule has 148 valence electrons. The number of piperazine rings is 1. The maximum atomic E-state index is 13.0. The van der Waals surface area contributed by atoms with Gasteiger partial charge in [0.1, 0.15) is 0 Å². The lowest BCUT2D eigenvalue weighted by Gasteiger charge is -2.35. The fourth-order valence-electron chi connectivity index (χ4n) is 4.18. The SMILES string of the molecule is C[C@H]1Cc2cc(C(=O)N3CCN(c4cc[nH+]cc4)CC3)ccc2N1S(C)(=O)=O. The molecule has 3 heterocycles. The van der Waals surface area contributed by atoms with Gasteiger partial charge in [0.05, 0.1) is 11.9 Å². The highest BCUT2D eigenvalue weighted by atomic mass is 32.2. The van der Waals surface area contributed by atoms with Crippen LogP contribution in [-0.4, -0.2) is 57.7 Å². The number of aromatic nitrogens is 1. The van der Waals surface area contributed by atoms with Gasteiger partial charge in [-0.2, -0.15) is 0 Å². The van der Waals surface area contributed by atoms with Gasteiger partial charge in [-0.1, -0.05) is 0 Å². The highest BCUT2D eigenvalue weighted by Crippen LogP contribution is 2.35. The lowest BCUT2D eigenvalue weighted by atomic mass is 10.1. The fourth-order valence-corrected chi connectivity index (χ4v) is 5.44. The number of nitrogens with one attached hydrogen (secondary N) is 1. The molecule has 1 amide bonds. The molecule has 8 heteroatoms. The minimum absolute atomic E-state index is 0.00861. The summed E-state index contributed by atoms with van der Waals surface area (Å²) in [5.74, 6) is 0.00861. The molecule has 2 aromatic rings. The molecule has 1 saturated heterocycles. The van der Waals surface area contributed by atoms with Crippen LogP contribution in [0.25, 0.3) is 0 Å². The number of benzene rings is 1. The van der Waals surface area contributed by atoms with Crippen molar-refractivity contribution < 1.29 is 18.2 Å². The summed E-state index contributed by atoms with van der Waals surface area (Å²) in [6, 6.07) is 9.32. The molecule has 1 fully saturated rings. The normalized spacial score (nSPS) is 19.6. The van der Waals surface area contributed by atoms with Crippen LogP contribution < -0.4 is 14.2 Å². The van der Waals surface area contributed by atoms with E-state index < -0.39 is 10.0 Å². The Hall–Kier alpha value is -2.61. The average molecular weight is 402 g/mol. The third kappa shape index (κ3) is 3.44. The van der Waals surface area contributed by atoms with E-state index in [1.54, 1.807) is 12.1 Å². The molecule has 0 bridgehead atoms. The van der Waals surface area contributed by atoms with Gasteiger partial charge in [-0.05, 0) is 37.1 Å². The Bertz CT molecular complexity index is 986. The summed E-state index contributed by atoms with van der Waals surface area (Å²) < 4.78 is 25.6. The zero-order valence-electron chi connectivity index (χ0n) is 16.1. The Labute approximate surface area is 165 Å². The van der Waals surface area contributed by atoms with E-state index in [4.69, 9.17) is 0 Å². The van der Waals surface area contributed by atoms with E-state index in [0.717, 1.165) is 24.3 Å². The van der Waals surface area contributed by atoms with Crippen molar-refractivity contribution in [1.82, 2.24) is 4.90 Å². The van der Waals surface area contributed by atoms with Crippen LogP contribution in [0, 0.1) is 0 Å². The number of hydrogen-bond donors (Lipinski definition) is 0. The Balaban J connectivity index is 1.48. The van der Waals surface area contributed by atoms with Crippen LogP contribution >= 0.6 is 0 Å². The van der Waals surface area contributed by atoms with Crippen molar-refractivity contribution in [3.8, 4) is 0 Å². The number of carbonyl (C=O) groups is 1. The van der Waals surface area contributed by atoms with Crippen molar-refractivity contribution in [2.75, 3.05) is 41.6 Å². The van der Waals surface area contributed by atoms with Crippen molar-refractivity contribution in [3.05, 3.63) is 53.9 Å². The van der Waals surface area contributed by atoms with Crippen LogP contribution in [0.1, 0.15) is 22.8 Å². The molecular weight excluding hydrogens is 376 g/mol. The summed E-state index contributed by atoms with van der Waals surface area (Å²) in [6.45, 7) is 4.81. The molecule has 0 unspecified atom stereocenters. The molecule has 2 aliphatic rings. The molecular formula is C20H25N4O3S+. The molecule has 1 atom stereocenters. The lowest BCUT2D eigenvalue weighted by Crippen LogP contribution is -2.48. The maximum Gasteiger partial charge on any atom is 0.253 e. The molecule has 0 saturated carbocycles. The van der Waals surface area contributed by atoms with E-state index >= 15 is 0 Å². The second kappa shape index (κ2) is 7.09. The zero-order valence-corrected chi connectivity index (χ0v) is 16.9. The first-order valence-electron chi connectivity index (χ1n) is 9.47. The van der Waals surface area contributed by atoms with E-state index in [-0.39, 0.29) is 11.9 Å². The third-order valence-corrected chi connectivity index (χ3v) is 6.74. The van der Waals surface area contributed by atoms with E-state index in [0.29, 0.717) is 30.8 Å². The molecule has 4 rings (SSSR count). The Morgan fingerprint density at radius 2 is 1.75 bits per heavy atom. The van der Waals surface area contributed by atoms with Gasteiger partial charge in [-0.15, -0.1) is 0 Å². The van der Waals surface area contributed by atoms with Gasteiger partial charge in [0, 0.05) is 55.6 Å². The molecule has 1 N–H and O–H groups in total. The lowest BCUT2D eigenvalue weighted by molar-refractivity contribution is -0.377. The Morgan fingerprint density at radius 1 is 1.07 bits per heavy atom. The van der Waals surface area contributed by atoms with Crippen molar-refractivity contribution in [2.24, 2.45) is 0 Å². The number of nitrogens with zero attached hydrogens (tertiary/aromatic N) is 3. The van der Waals surface area contributed by atoms with Crippen LogP contribution in [0.4, 0.5) is 11.4 Å².